The van der Waals surface area contributed by atoms with Gasteiger partial charge in [-0.2, -0.15) is 0 Å². The van der Waals surface area contributed by atoms with Gasteiger partial charge in [-0.1, -0.05) is 39.7 Å². The maximum Gasteiger partial charge on any atom is 0.140 e. The molecule has 0 atom stereocenters. The Kier molecular flexibility index (Phi) is 6.68. The molecule has 102 valence electrons. The maximum absolute atomic E-state index is 5.38. The van der Waals surface area contributed by atoms with Gasteiger partial charge < -0.3 is 5.43 Å². The minimum Gasteiger partial charge on any atom is -0.308 e. The lowest BCUT2D eigenvalue weighted by Crippen LogP contribution is -2.29. The van der Waals surface area contributed by atoms with E-state index < -0.39 is 0 Å². The molecule has 1 aromatic rings. The number of nitrogens with two attached hydrogens (primary N) is 1. The number of hydrazine groups is 1. The Labute approximate surface area is 111 Å². The van der Waals surface area contributed by atoms with Gasteiger partial charge in [0, 0.05) is 13.1 Å². The van der Waals surface area contributed by atoms with Gasteiger partial charge in [-0.3, -0.25) is 4.90 Å². The summed E-state index contributed by atoms with van der Waals surface area (Å²) in [5, 5.41) is 0. The average molecular weight is 250 g/mol. The molecule has 0 saturated carbocycles. The summed E-state index contributed by atoms with van der Waals surface area (Å²) in [5.74, 6) is 6.89. The largest absolute Gasteiger partial charge is 0.308 e. The van der Waals surface area contributed by atoms with Crippen LogP contribution in [0.3, 0.4) is 0 Å². The van der Waals surface area contributed by atoms with Gasteiger partial charge >= 0.3 is 0 Å². The summed E-state index contributed by atoms with van der Waals surface area (Å²) < 4.78 is 0. The summed E-state index contributed by atoms with van der Waals surface area (Å²) in [6.07, 6.45) is 2.48. The van der Waals surface area contributed by atoms with Crippen molar-refractivity contribution in [3.63, 3.8) is 0 Å². The van der Waals surface area contributed by atoms with E-state index >= 15 is 0 Å². The fourth-order valence-electron chi connectivity index (χ4n) is 2.09. The number of hydrogen-bond acceptors (Lipinski definition) is 4. The molecule has 0 aliphatic rings. The quantitative estimate of drug-likeness (QED) is 0.550. The van der Waals surface area contributed by atoms with Crippen LogP contribution < -0.4 is 11.3 Å². The summed E-state index contributed by atoms with van der Waals surface area (Å²) in [5.41, 5.74) is 3.66. The molecule has 4 heteroatoms. The Bertz CT molecular complexity index is 336. The van der Waals surface area contributed by atoms with E-state index in [0.29, 0.717) is 0 Å². The highest BCUT2D eigenvalue weighted by Crippen LogP contribution is 2.12. The minimum atomic E-state index is 0.728. The topological polar surface area (TPSA) is 54.2 Å². The summed E-state index contributed by atoms with van der Waals surface area (Å²) in [6, 6.07) is 5.92. The van der Waals surface area contributed by atoms with Crippen molar-refractivity contribution < 1.29 is 0 Å². The standard InChI is InChI=1S/C14H26N4/c1-4-12(5-2)10-18(6-3)11-13-8-7-9-14(16-13)17-15/h7-9,12H,4-6,10-11,15H2,1-3H3,(H,16,17). The van der Waals surface area contributed by atoms with Crippen molar-refractivity contribution in [3.05, 3.63) is 23.9 Å². The highest BCUT2D eigenvalue weighted by atomic mass is 15.3. The zero-order valence-electron chi connectivity index (χ0n) is 11.8. The lowest BCUT2D eigenvalue weighted by Gasteiger charge is -2.24. The predicted octanol–water partition coefficient (Wildman–Crippen LogP) is 2.63. The Morgan fingerprint density at radius 3 is 2.56 bits per heavy atom. The fourth-order valence-corrected chi connectivity index (χ4v) is 2.09. The molecular weight excluding hydrogens is 224 g/mol. The van der Waals surface area contributed by atoms with Crippen molar-refractivity contribution >= 4 is 5.82 Å². The second-order valence-electron chi connectivity index (χ2n) is 4.67. The van der Waals surface area contributed by atoms with Gasteiger partial charge in [0.05, 0.1) is 5.69 Å². The lowest BCUT2D eigenvalue weighted by molar-refractivity contribution is 0.224. The molecule has 0 amide bonds. The SMILES string of the molecule is CCC(CC)CN(CC)Cc1cccc(NN)n1. The molecule has 1 heterocycles. The number of nitrogen functional groups attached to an aromatic ring is 1. The Balaban J connectivity index is 2.61. The highest BCUT2D eigenvalue weighted by molar-refractivity contribution is 5.33. The van der Waals surface area contributed by atoms with Gasteiger partial charge in [0.2, 0.25) is 0 Å². The molecule has 0 aromatic carbocycles. The third kappa shape index (κ3) is 4.63. The van der Waals surface area contributed by atoms with E-state index in [4.69, 9.17) is 5.84 Å². The Hall–Kier alpha value is -1.13. The number of pyridine rings is 1. The summed E-state index contributed by atoms with van der Waals surface area (Å²) in [4.78, 5) is 6.90. The molecule has 0 spiro atoms. The third-order valence-corrected chi connectivity index (χ3v) is 3.46. The molecule has 18 heavy (non-hydrogen) atoms. The van der Waals surface area contributed by atoms with Gasteiger partial charge in [0.15, 0.2) is 0 Å². The van der Waals surface area contributed by atoms with Crippen LogP contribution in [0.5, 0.6) is 0 Å². The second-order valence-corrected chi connectivity index (χ2v) is 4.67. The number of rotatable bonds is 8. The lowest BCUT2D eigenvalue weighted by atomic mass is 10.0. The van der Waals surface area contributed by atoms with E-state index in [-0.39, 0.29) is 0 Å². The van der Waals surface area contributed by atoms with Crippen LogP contribution in [0.15, 0.2) is 18.2 Å². The molecule has 0 radical (unpaired) electrons. The number of hydrogen-bond donors (Lipinski definition) is 2. The van der Waals surface area contributed by atoms with Crippen molar-refractivity contribution in [3.8, 4) is 0 Å². The van der Waals surface area contributed by atoms with Gasteiger partial charge in [0.1, 0.15) is 5.82 Å². The number of aromatic nitrogens is 1. The van der Waals surface area contributed by atoms with Crippen LogP contribution in [0, 0.1) is 5.92 Å². The molecule has 0 aliphatic carbocycles. The van der Waals surface area contributed by atoms with E-state index in [1.165, 1.54) is 12.8 Å². The van der Waals surface area contributed by atoms with Crippen molar-refractivity contribution in [2.75, 3.05) is 18.5 Å². The fraction of sp³-hybridized carbons (Fsp3) is 0.643. The zero-order chi connectivity index (χ0) is 13.4. The van der Waals surface area contributed by atoms with Crippen LogP contribution in [0.2, 0.25) is 0 Å². The molecule has 1 aromatic heterocycles. The minimum absolute atomic E-state index is 0.728. The Morgan fingerprint density at radius 1 is 1.28 bits per heavy atom. The van der Waals surface area contributed by atoms with Gasteiger partial charge in [-0.25, -0.2) is 10.8 Å². The van der Waals surface area contributed by atoms with Crippen LogP contribution in [-0.2, 0) is 6.54 Å². The van der Waals surface area contributed by atoms with Crippen LogP contribution in [0.1, 0.15) is 39.3 Å². The van der Waals surface area contributed by atoms with E-state index in [0.717, 1.165) is 37.1 Å². The first-order valence-corrected chi connectivity index (χ1v) is 6.88. The number of nitrogens with zero attached hydrogens (tertiary/aromatic N) is 2. The van der Waals surface area contributed by atoms with Crippen LogP contribution in [0.25, 0.3) is 0 Å². The van der Waals surface area contributed by atoms with E-state index in [1.54, 1.807) is 0 Å². The molecule has 0 aliphatic heterocycles. The van der Waals surface area contributed by atoms with Crippen molar-refractivity contribution in [1.29, 1.82) is 0 Å². The molecule has 0 saturated heterocycles. The van der Waals surface area contributed by atoms with Crippen molar-refractivity contribution in [2.45, 2.75) is 40.2 Å². The van der Waals surface area contributed by atoms with E-state index in [2.05, 4.69) is 42.1 Å². The molecule has 0 bridgehead atoms. The molecule has 0 fully saturated rings. The summed E-state index contributed by atoms with van der Waals surface area (Å²) in [7, 11) is 0. The normalized spacial score (nSPS) is 11.2. The van der Waals surface area contributed by atoms with Crippen molar-refractivity contribution in [2.24, 2.45) is 11.8 Å². The summed E-state index contributed by atoms with van der Waals surface area (Å²) >= 11 is 0. The smallest absolute Gasteiger partial charge is 0.140 e. The van der Waals surface area contributed by atoms with Crippen LogP contribution >= 0.6 is 0 Å². The third-order valence-electron chi connectivity index (χ3n) is 3.46. The van der Waals surface area contributed by atoms with Gasteiger partial charge in [0.25, 0.3) is 0 Å². The van der Waals surface area contributed by atoms with Crippen LogP contribution in [0.4, 0.5) is 5.82 Å². The molecule has 0 unspecified atom stereocenters. The average Bonchev–Trinajstić information content (AvgIpc) is 2.43. The van der Waals surface area contributed by atoms with E-state index in [1.807, 2.05) is 12.1 Å². The first-order valence-electron chi connectivity index (χ1n) is 6.88. The highest BCUT2D eigenvalue weighted by Gasteiger charge is 2.11. The molecule has 1 rings (SSSR count). The van der Waals surface area contributed by atoms with Gasteiger partial charge in [-0.15, -0.1) is 0 Å². The molecule has 4 nitrogen and oxygen atoms in total. The van der Waals surface area contributed by atoms with Crippen molar-refractivity contribution in [1.82, 2.24) is 9.88 Å². The summed E-state index contributed by atoms with van der Waals surface area (Å²) in [6.45, 7) is 9.82. The van der Waals surface area contributed by atoms with Gasteiger partial charge in [-0.05, 0) is 24.6 Å². The number of anilines is 1. The Morgan fingerprint density at radius 2 is 2.00 bits per heavy atom. The second kappa shape index (κ2) is 8.06. The first kappa shape index (κ1) is 14.9. The zero-order valence-corrected chi connectivity index (χ0v) is 11.8. The maximum atomic E-state index is 5.38. The van der Waals surface area contributed by atoms with E-state index in [9.17, 15) is 0 Å². The monoisotopic (exact) mass is 250 g/mol. The van der Waals surface area contributed by atoms with Crippen LogP contribution in [-0.4, -0.2) is 23.0 Å². The first-order chi connectivity index (χ1) is 8.73. The number of nitrogens with one attached hydrogen (secondary N) is 1. The molecular formula is C14H26N4. The molecule has 3 N–H and O–H groups in total. The predicted molar refractivity (Wildman–Crippen MR) is 77.1 cm³/mol.